The van der Waals surface area contributed by atoms with Crippen molar-refractivity contribution in [3.8, 4) is 0 Å². The number of carbonyl (C=O) groups excluding carboxylic acids is 1. The number of ether oxygens (including phenoxy) is 1. The number of hydrogen-bond donors (Lipinski definition) is 1. The Morgan fingerprint density at radius 3 is 2.75 bits per heavy atom. The maximum atomic E-state index is 13.1. The van der Waals surface area contributed by atoms with Crippen LogP contribution in [0.3, 0.4) is 0 Å². The molecule has 0 bridgehead atoms. The molecule has 0 spiro atoms. The predicted octanol–water partition coefficient (Wildman–Crippen LogP) is 3.87. The van der Waals surface area contributed by atoms with Crippen LogP contribution in [0.2, 0.25) is 5.02 Å². The third kappa shape index (κ3) is 3.98. The lowest BCUT2D eigenvalue weighted by molar-refractivity contribution is 0.102. The fourth-order valence-corrected chi connectivity index (χ4v) is 4.77. The van der Waals surface area contributed by atoms with Crippen molar-refractivity contribution in [3.63, 3.8) is 0 Å². The molecule has 3 heterocycles. The number of aromatic nitrogens is 2. The molecule has 2 aliphatic rings. The largest absolute Gasteiger partial charge is 0.378 e. The highest BCUT2D eigenvalue weighted by Gasteiger charge is 2.20. The summed E-state index contributed by atoms with van der Waals surface area (Å²) in [6.07, 6.45) is 3.90. The van der Waals surface area contributed by atoms with Gasteiger partial charge in [0, 0.05) is 31.6 Å². The van der Waals surface area contributed by atoms with Crippen molar-refractivity contribution in [2.45, 2.75) is 32.2 Å². The Hall–Kier alpha value is -2.90. The van der Waals surface area contributed by atoms with E-state index in [1.807, 2.05) is 18.2 Å². The molecule has 7 nitrogen and oxygen atoms in total. The van der Waals surface area contributed by atoms with Crippen molar-refractivity contribution in [1.29, 1.82) is 0 Å². The number of amides is 1. The number of nitrogens with one attached hydrogen (secondary N) is 1. The first-order chi connectivity index (χ1) is 15.6. The maximum Gasteiger partial charge on any atom is 0.261 e. The molecule has 1 saturated heterocycles. The molecule has 0 atom stereocenters. The molecule has 2 aromatic carbocycles. The van der Waals surface area contributed by atoms with Crippen molar-refractivity contribution >= 4 is 39.8 Å². The Morgan fingerprint density at radius 2 is 1.91 bits per heavy atom. The van der Waals surface area contributed by atoms with Crippen molar-refractivity contribution in [1.82, 2.24) is 9.55 Å². The van der Waals surface area contributed by atoms with Crippen LogP contribution in [0.4, 0.5) is 11.4 Å². The van der Waals surface area contributed by atoms with Gasteiger partial charge in [-0.2, -0.15) is 0 Å². The minimum atomic E-state index is -0.263. The molecule has 0 aliphatic carbocycles. The summed E-state index contributed by atoms with van der Waals surface area (Å²) in [6.45, 7) is 3.37. The van der Waals surface area contributed by atoms with E-state index in [0.717, 1.165) is 37.2 Å². The fourth-order valence-electron chi connectivity index (χ4n) is 4.48. The molecule has 166 valence electrons. The lowest BCUT2D eigenvalue weighted by Crippen LogP contribution is -2.37. The van der Waals surface area contributed by atoms with Gasteiger partial charge in [0.05, 0.1) is 40.5 Å². The van der Waals surface area contributed by atoms with E-state index in [1.165, 1.54) is 0 Å². The number of benzene rings is 2. The normalized spacial score (nSPS) is 16.5. The Balaban J connectivity index is 1.47. The highest BCUT2D eigenvalue weighted by molar-refractivity contribution is 6.34. The van der Waals surface area contributed by atoms with Crippen LogP contribution >= 0.6 is 11.6 Å². The van der Waals surface area contributed by atoms with Gasteiger partial charge in [-0.3, -0.25) is 14.2 Å². The maximum absolute atomic E-state index is 13.1. The molecule has 1 fully saturated rings. The number of para-hydroxylation sites is 1. The van der Waals surface area contributed by atoms with Gasteiger partial charge < -0.3 is 15.0 Å². The first-order valence-electron chi connectivity index (χ1n) is 11.1. The van der Waals surface area contributed by atoms with E-state index in [9.17, 15) is 9.59 Å². The number of morpholine rings is 1. The van der Waals surface area contributed by atoms with E-state index in [4.69, 9.17) is 21.3 Å². The molecule has 2 aliphatic heterocycles. The molecule has 1 amide bonds. The van der Waals surface area contributed by atoms with Crippen LogP contribution in [0, 0.1) is 0 Å². The highest BCUT2D eigenvalue weighted by atomic mass is 35.5. The topological polar surface area (TPSA) is 76.5 Å². The summed E-state index contributed by atoms with van der Waals surface area (Å²) in [5, 5.41) is 4.13. The first kappa shape index (κ1) is 21.0. The van der Waals surface area contributed by atoms with Gasteiger partial charge in [0.15, 0.2) is 0 Å². The highest BCUT2D eigenvalue weighted by Crippen LogP contribution is 2.34. The van der Waals surface area contributed by atoms with Gasteiger partial charge in [0.2, 0.25) is 0 Å². The number of aryl methyl sites for hydroxylation is 1. The zero-order valence-corrected chi connectivity index (χ0v) is 18.5. The van der Waals surface area contributed by atoms with Gasteiger partial charge in [0.25, 0.3) is 11.5 Å². The number of anilines is 2. The summed E-state index contributed by atoms with van der Waals surface area (Å²) in [4.78, 5) is 32.9. The zero-order chi connectivity index (χ0) is 22.1. The van der Waals surface area contributed by atoms with Gasteiger partial charge in [-0.25, -0.2) is 4.98 Å². The molecule has 0 saturated carbocycles. The fraction of sp³-hybridized carbons (Fsp3) is 0.375. The summed E-state index contributed by atoms with van der Waals surface area (Å²) < 4.78 is 7.23. The van der Waals surface area contributed by atoms with Crippen LogP contribution in [0.1, 0.15) is 35.4 Å². The number of rotatable bonds is 3. The van der Waals surface area contributed by atoms with Crippen LogP contribution in [0.5, 0.6) is 0 Å². The number of fused-ring (bicyclic) bond motifs is 2. The summed E-state index contributed by atoms with van der Waals surface area (Å²) >= 11 is 6.49. The van der Waals surface area contributed by atoms with Crippen LogP contribution in [-0.2, 0) is 17.7 Å². The molecule has 0 radical (unpaired) electrons. The quantitative estimate of drug-likeness (QED) is 0.653. The average Bonchev–Trinajstić information content (AvgIpc) is 3.05. The second kappa shape index (κ2) is 8.92. The van der Waals surface area contributed by atoms with E-state index < -0.39 is 0 Å². The van der Waals surface area contributed by atoms with E-state index in [0.29, 0.717) is 60.0 Å². The summed E-state index contributed by atoms with van der Waals surface area (Å²) in [5.41, 5.74) is 2.45. The predicted molar refractivity (Wildman–Crippen MR) is 126 cm³/mol. The van der Waals surface area contributed by atoms with E-state index >= 15 is 0 Å². The lowest BCUT2D eigenvalue weighted by Gasteiger charge is -2.31. The van der Waals surface area contributed by atoms with Gasteiger partial charge in [-0.05, 0) is 43.2 Å². The molecule has 8 heteroatoms. The van der Waals surface area contributed by atoms with Crippen LogP contribution in [0.25, 0.3) is 10.9 Å². The van der Waals surface area contributed by atoms with Gasteiger partial charge in [0.1, 0.15) is 5.82 Å². The third-order valence-electron chi connectivity index (χ3n) is 6.14. The van der Waals surface area contributed by atoms with Gasteiger partial charge in [-0.15, -0.1) is 0 Å². The second-order valence-electron chi connectivity index (χ2n) is 8.22. The number of carbonyl (C=O) groups is 1. The average molecular weight is 453 g/mol. The standard InChI is InChI=1S/C24H25ClN4O3/c25-18-5-4-6-19(22(18)28-11-13-32-14-12-28)27-23(30)16-8-9-17-20(15-16)26-21-7-2-1-3-10-29(21)24(17)31/h4-6,8-9,15H,1-3,7,10-14H2,(H,27,30). The molecular weight excluding hydrogens is 428 g/mol. The third-order valence-corrected chi connectivity index (χ3v) is 6.45. The smallest absolute Gasteiger partial charge is 0.261 e. The first-order valence-corrected chi connectivity index (χ1v) is 11.5. The Labute approximate surface area is 191 Å². The Morgan fingerprint density at radius 1 is 1.06 bits per heavy atom. The number of nitrogens with zero attached hydrogens (tertiary/aromatic N) is 3. The van der Waals surface area contributed by atoms with Gasteiger partial charge >= 0.3 is 0 Å². The number of hydrogen-bond acceptors (Lipinski definition) is 5. The molecule has 3 aromatic rings. The van der Waals surface area contributed by atoms with Crippen LogP contribution in [0.15, 0.2) is 41.2 Å². The molecule has 1 N–H and O–H groups in total. The molecule has 32 heavy (non-hydrogen) atoms. The minimum absolute atomic E-state index is 0.0247. The second-order valence-corrected chi connectivity index (χ2v) is 8.62. The molecule has 0 unspecified atom stereocenters. The van der Waals surface area contributed by atoms with E-state index in [2.05, 4.69) is 10.2 Å². The van der Waals surface area contributed by atoms with Crippen molar-refractivity contribution in [2.75, 3.05) is 36.5 Å². The van der Waals surface area contributed by atoms with E-state index in [1.54, 1.807) is 22.8 Å². The molecular formula is C24H25ClN4O3. The monoisotopic (exact) mass is 452 g/mol. The van der Waals surface area contributed by atoms with Crippen LogP contribution < -0.4 is 15.8 Å². The SMILES string of the molecule is O=C(Nc1cccc(Cl)c1N1CCOCC1)c1ccc2c(=O)n3c(nc2c1)CCCCC3. The zero-order valence-electron chi connectivity index (χ0n) is 17.8. The molecule has 1 aromatic heterocycles. The summed E-state index contributed by atoms with van der Waals surface area (Å²) in [5.74, 6) is 0.544. The Bertz CT molecular complexity index is 1230. The summed E-state index contributed by atoms with van der Waals surface area (Å²) in [7, 11) is 0. The van der Waals surface area contributed by atoms with Crippen LogP contribution in [-0.4, -0.2) is 41.8 Å². The lowest BCUT2D eigenvalue weighted by atomic mass is 10.1. The van der Waals surface area contributed by atoms with Gasteiger partial charge in [-0.1, -0.05) is 24.1 Å². The Kier molecular flexibility index (Phi) is 5.85. The van der Waals surface area contributed by atoms with Crippen molar-refractivity contribution in [2.24, 2.45) is 0 Å². The van der Waals surface area contributed by atoms with Crippen molar-refractivity contribution in [3.05, 3.63) is 63.2 Å². The minimum Gasteiger partial charge on any atom is -0.378 e. The van der Waals surface area contributed by atoms with E-state index in [-0.39, 0.29) is 11.5 Å². The molecule has 5 rings (SSSR count). The number of halogens is 1. The van der Waals surface area contributed by atoms with Crippen molar-refractivity contribution < 1.29 is 9.53 Å². The summed E-state index contributed by atoms with van der Waals surface area (Å²) in [6, 6.07) is 10.6.